The molecule has 1 aromatic rings. The normalized spacial score (nSPS) is 10.1. The van der Waals surface area contributed by atoms with Crippen molar-refractivity contribution < 1.29 is 9.50 Å². The molecule has 0 heterocycles. The van der Waals surface area contributed by atoms with Crippen molar-refractivity contribution in [2.45, 2.75) is 5.33 Å². The number of phenols is 1. The molecule has 1 nitrogen and oxygen atoms in total. The summed E-state index contributed by atoms with van der Waals surface area (Å²) in [7, 11) is 0. The van der Waals surface area contributed by atoms with Crippen LogP contribution in [0.1, 0.15) is 5.56 Å². The van der Waals surface area contributed by atoms with Crippen LogP contribution in [0, 0.1) is 5.82 Å². The standard InChI is InChI=1S/C7H5Br2FO/c8-3-4-1-5(9)2-6(10)7(4)11/h1-2,11H,3H2. The Morgan fingerprint density at radius 2 is 2.09 bits per heavy atom. The molecule has 0 aliphatic rings. The van der Waals surface area contributed by atoms with Gasteiger partial charge in [-0.25, -0.2) is 4.39 Å². The molecule has 1 aromatic carbocycles. The molecule has 0 bridgehead atoms. The Morgan fingerprint density at radius 1 is 1.45 bits per heavy atom. The predicted octanol–water partition coefficient (Wildman–Crippen LogP) is 3.19. The Kier molecular flexibility index (Phi) is 2.90. The van der Waals surface area contributed by atoms with Gasteiger partial charge in [-0.05, 0) is 12.1 Å². The number of aromatic hydroxyl groups is 1. The first-order valence-corrected chi connectivity index (χ1v) is 4.79. The summed E-state index contributed by atoms with van der Waals surface area (Å²) in [5.41, 5.74) is 0.539. The largest absolute Gasteiger partial charge is 0.505 e. The van der Waals surface area contributed by atoms with E-state index in [1.165, 1.54) is 6.07 Å². The van der Waals surface area contributed by atoms with E-state index < -0.39 is 5.82 Å². The number of hydrogen-bond acceptors (Lipinski definition) is 1. The SMILES string of the molecule is Oc1c(F)cc(Br)cc1CBr. The maximum absolute atomic E-state index is 12.7. The van der Waals surface area contributed by atoms with Crippen LogP contribution in [-0.2, 0) is 5.33 Å². The predicted molar refractivity (Wildman–Crippen MR) is 48.4 cm³/mol. The van der Waals surface area contributed by atoms with E-state index in [1.807, 2.05) is 0 Å². The van der Waals surface area contributed by atoms with Gasteiger partial charge in [0.15, 0.2) is 11.6 Å². The zero-order valence-electron chi connectivity index (χ0n) is 5.44. The van der Waals surface area contributed by atoms with Crippen LogP contribution in [0.5, 0.6) is 5.75 Å². The van der Waals surface area contributed by atoms with Gasteiger partial charge in [-0.3, -0.25) is 0 Å². The molecule has 0 saturated carbocycles. The minimum Gasteiger partial charge on any atom is -0.505 e. The molecular weight excluding hydrogens is 279 g/mol. The summed E-state index contributed by atoms with van der Waals surface area (Å²) in [6, 6.07) is 2.88. The van der Waals surface area contributed by atoms with Crippen molar-refractivity contribution in [3.63, 3.8) is 0 Å². The maximum Gasteiger partial charge on any atom is 0.166 e. The smallest absolute Gasteiger partial charge is 0.166 e. The van der Waals surface area contributed by atoms with Gasteiger partial charge in [0.05, 0.1) is 0 Å². The summed E-state index contributed by atoms with van der Waals surface area (Å²) in [6.45, 7) is 0. The fourth-order valence-electron chi connectivity index (χ4n) is 0.721. The van der Waals surface area contributed by atoms with Gasteiger partial charge in [0.25, 0.3) is 0 Å². The second-order valence-electron chi connectivity index (χ2n) is 2.03. The minimum absolute atomic E-state index is 0.287. The summed E-state index contributed by atoms with van der Waals surface area (Å²) in [4.78, 5) is 0. The lowest BCUT2D eigenvalue weighted by Crippen LogP contribution is -1.84. The van der Waals surface area contributed by atoms with Gasteiger partial charge in [0.2, 0.25) is 0 Å². The first kappa shape index (κ1) is 9.00. The third-order valence-electron chi connectivity index (χ3n) is 1.25. The van der Waals surface area contributed by atoms with Crippen molar-refractivity contribution in [2.75, 3.05) is 0 Å². The number of benzene rings is 1. The van der Waals surface area contributed by atoms with Gasteiger partial charge >= 0.3 is 0 Å². The molecule has 60 valence electrons. The Hall–Kier alpha value is -0.0900. The molecule has 1 rings (SSSR count). The van der Waals surface area contributed by atoms with Crippen LogP contribution < -0.4 is 0 Å². The molecule has 11 heavy (non-hydrogen) atoms. The lowest BCUT2D eigenvalue weighted by atomic mass is 10.2. The van der Waals surface area contributed by atoms with Crippen LogP contribution in [0.25, 0.3) is 0 Å². The molecule has 1 N–H and O–H groups in total. The molecular formula is C7H5Br2FO. The van der Waals surface area contributed by atoms with Gasteiger partial charge in [0, 0.05) is 15.4 Å². The summed E-state index contributed by atoms with van der Waals surface area (Å²) >= 11 is 6.25. The summed E-state index contributed by atoms with van der Waals surface area (Å²) in [6.07, 6.45) is 0. The molecule has 0 unspecified atom stereocenters. The van der Waals surface area contributed by atoms with Crippen LogP contribution >= 0.6 is 31.9 Å². The second-order valence-corrected chi connectivity index (χ2v) is 3.51. The third kappa shape index (κ3) is 1.93. The highest BCUT2D eigenvalue weighted by Crippen LogP contribution is 2.27. The van der Waals surface area contributed by atoms with Crippen molar-refractivity contribution in [1.82, 2.24) is 0 Å². The maximum atomic E-state index is 12.7. The van der Waals surface area contributed by atoms with Crippen LogP contribution in [0.15, 0.2) is 16.6 Å². The fourth-order valence-corrected chi connectivity index (χ4v) is 1.63. The van der Waals surface area contributed by atoms with Crippen LogP contribution in [-0.4, -0.2) is 5.11 Å². The van der Waals surface area contributed by atoms with E-state index in [2.05, 4.69) is 31.9 Å². The van der Waals surface area contributed by atoms with Crippen molar-refractivity contribution in [1.29, 1.82) is 0 Å². The van der Waals surface area contributed by atoms with Gasteiger partial charge in [-0.1, -0.05) is 31.9 Å². The Balaban J connectivity index is 3.24. The molecule has 4 heteroatoms. The molecule has 0 radical (unpaired) electrons. The van der Waals surface area contributed by atoms with Crippen molar-refractivity contribution in [2.24, 2.45) is 0 Å². The minimum atomic E-state index is -0.603. The number of halogens is 3. The zero-order chi connectivity index (χ0) is 8.43. The van der Waals surface area contributed by atoms with Gasteiger partial charge in [-0.2, -0.15) is 0 Å². The summed E-state index contributed by atoms with van der Waals surface area (Å²) in [5.74, 6) is -0.890. The molecule has 0 amide bonds. The van der Waals surface area contributed by atoms with E-state index in [0.717, 1.165) is 0 Å². The quantitative estimate of drug-likeness (QED) is 0.785. The molecule has 0 spiro atoms. The first-order chi connectivity index (χ1) is 5.15. The molecule has 0 aromatic heterocycles. The van der Waals surface area contributed by atoms with Gasteiger partial charge in [-0.15, -0.1) is 0 Å². The topological polar surface area (TPSA) is 20.2 Å². The summed E-state index contributed by atoms with van der Waals surface area (Å²) < 4.78 is 13.4. The van der Waals surface area contributed by atoms with Crippen molar-refractivity contribution >= 4 is 31.9 Å². The van der Waals surface area contributed by atoms with E-state index in [9.17, 15) is 4.39 Å². The first-order valence-electron chi connectivity index (χ1n) is 2.88. The lowest BCUT2D eigenvalue weighted by Gasteiger charge is -2.01. The van der Waals surface area contributed by atoms with Gasteiger partial charge < -0.3 is 5.11 Å². The van der Waals surface area contributed by atoms with Crippen molar-refractivity contribution in [3.05, 3.63) is 28.0 Å². The average Bonchev–Trinajstić information content (AvgIpc) is 1.96. The number of alkyl halides is 1. The van der Waals surface area contributed by atoms with Crippen LogP contribution in [0.3, 0.4) is 0 Å². The monoisotopic (exact) mass is 282 g/mol. The number of rotatable bonds is 1. The average molecular weight is 284 g/mol. The molecule has 0 aliphatic heterocycles. The highest BCUT2D eigenvalue weighted by molar-refractivity contribution is 9.10. The molecule has 0 fully saturated rings. The number of hydrogen-bond donors (Lipinski definition) is 1. The van der Waals surface area contributed by atoms with E-state index >= 15 is 0 Å². The fraction of sp³-hybridized carbons (Fsp3) is 0.143. The van der Waals surface area contributed by atoms with E-state index in [-0.39, 0.29) is 5.75 Å². The molecule has 0 atom stereocenters. The molecule has 0 aliphatic carbocycles. The highest BCUT2D eigenvalue weighted by atomic mass is 79.9. The van der Waals surface area contributed by atoms with E-state index in [4.69, 9.17) is 5.11 Å². The summed E-state index contributed by atoms with van der Waals surface area (Å²) in [5, 5.41) is 9.54. The number of phenolic OH excluding ortho intramolecular Hbond substituents is 1. The third-order valence-corrected chi connectivity index (χ3v) is 2.31. The highest BCUT2D eigenvalue weighted by Gasteiger charge is 2.06. The van der Waals surface area contributed by atoms with Crippen LogP contribution in [0.4, 0.5) is 4.39 Å². The Labute approximate surface area is 80.5 Å². The zero-order valence-corrected chi connectivity index (χ0v) is 8.61. The lowest BCUT2D eigenvalue weighted by molar-refractivity contribution is 0.428. The van der Waals surface area contributed by atoms with E-state index in [0.29, 0.717) is 15.4 Å². The van der Waals surface area contributed by atoms with Gasteiger partial charge in [0.1, 0.15) is 0 Å². The van der Waals surface area contributed by atoms with Crippen LogP contribution in [0.2, 0.25) is 0 Å². The van der Waals surface area contributed by atoms with Crippen molar-refractivity contribution in [3.8, 4) is 5.75 Å². The second kappa shape index (κ2) is 3.54. The molecule has 0 saturated heterocycles. The Bertz CT molecular complexity index is 275. The van der Waals surface area contributed by atoms with E-state index in [1.54, 1.807) is 6.07 Å². The Morgan fingerprint density at radius 3 is 2.64 bits per heavy atom.